The fourth-order valence-corrected chi connectivity index (χ4v) is 2.61. The van der Waals surface area contributed by atoms with Crippen molar-refractivity contribution < 1.29 is 20.2 Å². The van der Waals surface area contributed by atoms with E-state index >= 15 is 0 Å². The third-order valence-corrected chi connectivity index (χ3v) is 4.09. The highest BCUT2D eigenvalue weighted by molar-refractivity contribution is 5.57. The van der Waals surface area contributed by atoms with E-state index in [1.54, 1.807) is 30.3 Å². The molecule has 0 bridgehead atoms. The second-order valence-corrected chi connectivity index (χ2v) is 5.99. The third kappa shape index (κ3) is 4.11. The van der Waals surface area contributed by atoms with Crippen LogP contribution in [0.25, 0.3) is 5.69 Å². The van der Waals surface area contributed by atoms with Gasteiger partial charge < -0.3 is 15.3 Å². The number of H-pyrrole nitrogens is 1. The predicted octanol–water partition coefficient (Wildman–Crippen LogP) is 1.88. The van der Waals surface area contributed by atoms with Gasteiger partial charge in [-0.2, -0.15) is 0 Å². The Balaban J connectivity index is 2.13. The molecule has 2 aromatic carbocycles. The van der Waals surface area contributed by atoms with Crippen molar-refractivity contribution in [3.05, 3.63) is 80.8 Å². The number of hydrogen-bond acceptors (Lipinski definition) is 8. The van der Waals surface area contributed by atoms with Crippen molar-refractivity contribution in [2.75, 3.05) is 6.61 Å². The Bertz CT molecular complexity index is 1090. The molecular formula is C18H17N5O6. The minimum absolute atomic E-state index is 0.0903. The van der Waals surface area contributed by atoms with Gasteiger partial charge in [-0.1, -0.05) is 30.3 Å². The fraction of sp³-hybridized carbons (Fsp3) is 0.167. The lowest BCUT2D eigenvalue weighted by Crippen LogP contribution is -2.22. The number of benzene rings is 2. The lowest BCUT2D eigenvalue weighted by Gasteiger charge is -2.14. The summed E-state index contributed by atoms with van der Waals surface area (Å²) in [5.41, 5.74) is -1.22. The number of aromatic amines is 1. The topological polar surface area (TPSA) is 166 Å². The van der Waals surface area contributed by atoms with E-state index in [-0.39, 0.29) is 22.8 Å². The van der Waals surface area contributed by atoms with E-state index in [1.165, 1.54) is 24.3 Å². The van der Waals surface area contributed by atoms with Gasteiger partial charge in [-0.05, 0) is 18.2 Å². The van der Waals surface area contributed by atoms with Gasteiger partial charge in [-0.3, -0.25) is 20.0 Å². The molecule has 29 heavy (non-hydrogen) atoms. The number of aliphatic hydroxyl groups is 3. The van der Waals surface area contributed by atoms with Crippen molar-refractivity contribution >= 4 is 17.1 Å². The predicted molar refractivity (Wildman–Crippen MR) is 102 cm³/mol. The molecule has 3 rings (SSSR count). The van der Waals surface area contributed by atoms with Gasteiger partial charge in [0.25, 0.3) is 11.2 Å². The molecule has 0 unspecified atom stereocenters. The van der Waals surface area contributed by atoms with E-state index in [1.807, 2.05) is 0 Å². The van der Waals surface area contributed by atoms with E-state index in [9.17, 15) is 25.1 Å². The summed E-state index contributed by atoms with van der Waals surface area (Å²) in [5.74, 6) is 0. The van der Waals surface area contributed by atoms with E-state index < -0.39 is 29.3 Å². The van der Waals surface area contributed by atoms with Crippen molar-refractivity contribution in [2.24, 2.45) is 10.2 Å². The van der Waals surface area contributed by atoms with Crippen LogP contribution in [0.3, 0.4) is 0 Å². The quantitative estimate of drug-likeness (QED) is 0.269. The second kappa shape index (κ2) is 8.56. The van der Waals surface area contributed by atoms with Crippen LogP contribution in [0.15, 0.2) is 69.6 Å². The molecule has 0 saturated carbocycles. The lowest BCUT2D eigenvalue weighted by molar-refractivity contribution is -0.384. The highest BCUT2D eigenvalue weighted by Crippen LogP contribution is 2.30. The van der Waals surface area contributed by atoms with Crippen molar-refractivity contribution in [2.45, 2.75) is 12.2 Å². The molecule has 11 nitrogen and oxygen atoms in total. The molecule has 3 aromatic rings. The van der Waals surface area contributed by atoms with Crippen LogP contribution in [0.2, 0.25) is 0 Å². The number of nitro groups is 1. The Hall–Kier alpha value is -3.67. The number of nitro benzene ring substituents is 1. The maximum Gasteiger partial charge on any atom is 0.299 e. The van der Waals surface area contributed by atoms with E-state index in [4.69, 9.17) is 5.11 Å². The van der Waals surface area contributed by atoms with E-state index in [0.29, 0.717) is 5.69 Å². The van der Waals surface area contributed by atoms with Gasteiger partial charge in [0.15, 0.2) is 11.4 Å². The van der Waals surface area contributed by atoms with Gasteiger partial charge in [0.2, 0.25) is 0 Å². The van der Waals surface area contributed by atoms with Crippen LogP contribution >= 0.6 is 0 Å². The number of nitrogens with one attached hydrogen (secondary N) is 1. The molecule has 0 aliphatic carbocycles. The van der Waals surface area contributed by atoms with E-state index in [2.05, 4.69) is 15.3 Å². The fourth-order valence-electron chi connectivity index (χ4n) is 2.61. The lowest BCUT2D eigenvalue weighted by atomic mass is 10.1. The van der Waals surface area contributed by atoms with Gasteiger partial charge >= 0.3 is 0 Å². The SMILES string of the molecule is O=c1c(N=Nc2ccccc2[N+](=O)[O-])c([C@@H](O)[C@H](O)CO)[nH]n1-c1ccccc1. The second-order valence-electron chi connectivity index (χ2n) is 5.99. The zero-order valence-corrected chi connectivity index (χ0v) is 14.9. The summed E-state index contributed by atoms with van der Waals surface area (Å²) in [7, 11) is 0. The summed E-state index contributed by atoms with van der Waals surface area (Å²) in [6.45, 7) is -0.763. The summed E-state index contributed by atoms with van der Waals surface area (Å²) in [6, 6.07) is 13.9. The maximum atomic E-state index is 12.8. The molecular weight excluding hydrogens is 382 g/mol. The number of aromatic nitrogens is 2. The number of rotatable bonds is 7. The van der Waals surface area contributed by atoms with Crippen molar-refractivity contribution in [1.82, 2.24) is 9.78 Å². The van der Waals surface area contributed by atoms with Crippen LogP contribution in [-0.4, -0.2) is 42.7 Å². The largest absolute Gasteiger partial charge is 0.394 e. The zero-order valence-electron chi connectivity index (χ0n) is 14.9. The van der Waals surface area contributed by atoms with Gasteiger partial charge in [-0.25, -0.2) is 4.68 Å². The summed E-state index contributed by atoms with van der Waals surface area (Å²) in [5, 5.41) is 50.6. The van der Waals surface area contributed by atoms with Crippen LogP contribution in [0, 0.1) is 10.1 Å². The van der Waals surface area contributed by atoms with Crippen molar-refractivity contribution in [1.29, 1.82) is 0 Å². The minimum Gasteiger partial charge on any atom is -0.394 e. The number of aliphatic hydroxyl groups excluding tert-OH is 3. The average molecular weight is 399 g/mol. The number of azo groups is 1. The maximum absolute atomic E-state index is 12.8. The van der Waals surface area contributed by atoms with Crippen molar-refractivity contribution in [3.63, 3.8) is 0 Å². The third-order valence-electron chi connectivity index (χ3n) is 4.09. The van der Waals surface area contributed by atoms with Crippen LogP contribution < -0.4 is 5.56 Å². The molecule has 150 valence electrons. The first-order valence-corrected chi connectivity index (χ1v) is 8.46. The van der Waals surface area contributed by atoms with Crippen LogP contribution in [0.1, 0.15) is 11.8 Å². The first-order chi connectivity index (χ1) is 13.9. The Kier molecular flexibility index (Phi) is 5.93. The van der Waals surface area contributed by atoms with Gasteiger partial charge in [0, 0.05) is 6.07 Å². The summed E-state index contributed by atoms with van der Waals surface area (Å²) >= 11 is 0. The van der Waals surface area contributed by atoms with E-state index in [0.717, 1.165) is 4.68 Å². The molecule has 4 N–H and O–H groups in total. The van der Waals surface area contributed by atoms with Gasteiger partial charge in [0.05, 0.1) is 22.9 Å². The Morgan fingerprint density at radius 1 is 1.07 bits per heavy atom. The molecule has 11 heteroatoms. The molecule has 1 heterocycles. The Morgan fingerprint density at radius 2 is 1.72 bits per heavy atom. The Labute approximate surface area is 163 Å². The smallest absolute Gasteiger partial charge is 0.299 e. The molecule has 0 radical (unpaired) electrons. The highest BCUT2D eigenvalue weighted by atomic mass is 16.6. The zero-order chi connectivity index (χ0) is 21.0. The highest BCUT2D eigenvalue weighted by Gasteiger charge is 2.27. The average Bonchev–Trinajstić information content (AvgIpc) is 3.08. The minimum atomic E-state index is -1.67. The van der Waals surface area contributed by atoms with Gasteiger partial charge in [0.1, 0.15) is 12.2 Å². The molecule has 1 aromatic heterocycles. The van der Waals surface area contributed by atoms with Gasteiger partial charge in [-0.15, -0.1) is 10.2 Å². The summed E-state index contributed by atoms with van der Waals surface area (Å²) in [4.78, 5) is 23.3. The standard InChI is InChI=1S/C18H17N5O6/c24-10-14(25)17(26)15-16(18(27)22(21-15)11-6-2-1-3-7-11)20-19-12-8-4-5-9-13(12)23(28)29/h1-9,14,17,21,24-26H,10H2/t14-,17+/m1/s1. The number of para-hydroxylation sites is 2. The molecule has 0 aliphatic heterocycles. The van der Waals surface area contributed by atoms with Crippen molar-refractivity contribution in [3.8, 4) is 5.69 Å². The first kappa shape index (κ1) is 20.1. The number of nitrogens with zero attached hydrogens (tertiary/aromatic N) is 4. The Morgan fingerprint density at radius 3 is 2.38 bits per heavy atom. The molecule has 0 aliphatic rings. The summed E-state index contributed by atoms with van der Waals surface area (Å²) < 4.78 is 1.08. The molecule has 0 amide bonds. The molecule has 0 fully saturated rings. The monoisotopic (exact) mass is 399 g/mol. The number of hydrogen-bond donors (Lipinski definition) is 4. The van der Waals surface area contributed by atoms with Crippen LogP contribution in [-0.2, 0) is 0 Å². The summed E-state index contributed by atoms with van der Waals surface area (Å²) in [6.07, 6.45) is -3.25. The van der Waals surface area contributed by atoms with Crippen LogP contribution in [0.4, 0.5) is 17.1 Å². The normalized spacial score (nSPS) is 13.5. The van der Waals surface area contributed by atoms with Crippen LogP contribution in [0.5, 0.6) is 0 Å². The molecule has 2 atom stereocenters. The first-order valence-electron chi connectivity index (χ1n) is 8.46. The molecule has 0 saturated heterocycles. The molecule has 0 spiro atoms.